The summed E-state index contributed by atoms with van der Waals surface area (Å²) in [6.45, 7) is 7.05. The third kappa shape index (κ3) is 4.77. The Balaban J connectivity index is 2.66. The molecule has 1 aliphatic rings. The molecule has 1 unspecified atom stereocenters. The van der Waals surface area contributed by atoms with Gasteiger partial charge in [0.2, 0.25) is 10.0 Å². The molecule has 5 heteroatoms. The van der Waals surface area contributed by atoms with Crippen molar-refractivity contribution in [3.8, 4) is 0 Å². The molecule has 1 rings (SSSR count). The van der Waals surface area contributed by atoms with Gasteiger partial charge in [0.25, 0.3) is 0 Å². The number of primary sulfonamides is 1. The van der Waals surface area contributed by atoms with Gasteiger partial charge in [-0.1, -0.05) is 13.0 Å². The van der Waals surface area contributed by atoms with Crippen LogP contribution >= 0.6 is 0 Å². The average Bonchev–Trinajstić information content (AvgIpc) is 2.26. The summed E-state index contributed by atoms with van der Waals surface area (Å²) in [5.74, 6) is 0.449. The zero-order valence-corrected chi connectivity index (χ0v) is 11.3. The zero-order chi connectivity index (χ0) is 12.9. The number of sulfonamides is 1. The van der Waals surface area contributed by atoms with Crippen LogP contribution in [-0.2, 0) is 14.8 Å². The number of nitrogens with two attached hydrogens (primary N) is 1. The molecule has 2 atom stereocenters. The van der Waals surface area contributed by atoms with Crippen molar-refractivity contribution in [1.82, 2.24) is 0 Å². The SMILES string of the molecule is C=CC[C@H](C)C(CC1CCOCC1)S(N)(=O)=O. The Morgan fingerprint density at radius 1 is 1.47 bits per heavy atom. The van der Waals surface area contributed by atoms with Crippen LogP contribution in [0, 0.1) is 11.8 Å². The van der Waals surface area contributed by atoms with E-state index in [1.54, 1.807) is 6.08 Å². The van der Waals surface area contributed by atoms with Crippen molar-refractivity contribution in [2.45, 2.75) is 37.9 Å². The van der Waals surface area contributed by atoms with E-state index in [0.29, 0.717) is 18.8 Å². The van der Waals surface area contributed by atoms with Crippen LogP contribution in [0.2, 0.25) is 0 Å². The van der Waals surface area contributed by atoms with Crippen molar-refractivity contribution in [3.63, 3.8) is 0 Å². The molecule has 0 aromatic rings. The van der Waals surface area contributed by atoms with Gasteiger partial charge in [-0.25, -0.2) is 13.6 Å². The summed E-state index contributed by atoms with van der Waals surface area (Å²) in [5.41, 5.74) is 0. The van der Waals surface area contributed by atoms with Gasteiger partial charge in [-0.3, -0.25) is 0 Å². The first-order valence-electron chi connectivity index (χ1n) is 6.15. The predicted octanol–water partition coefficient (Wildman–Crippen LogP) is 1.67. The Bertz CT molecular complexity index is 334. The topological polar surface area (TPSA) is 69.4 Å². The summed E-state index contributed by atoms with van der Waals surface area (Å²) in [6.07, 6.45) is 4.97. The molecule has 0 amide bonds. The number of hydrogen-bond donors (Lipinski definition) is 1. The Morgan fingerprint density at radius 3 is 2.53 bits per heavy atom. The van der Waals surface area contributed by atoms with E-state index in [2.05, 4.69) is 6.58 Å². The number of ether oxygens (including phenoxy) is 1. The molecule has 1 aliphatic heterocycles. The smallest absolute Gasteiger partial charge is 0.212 e. The maximum atomic E-state index is 11.6. The first-order chi connectivity index (χ1) is 7.95. The van der Waals surface area contributed by atoms with Gasteiger partial charge in [0, 0.05) is 13.2 Å². The summed E-state index contributed by atoms with van der Waals surface area (Å²) in [6, 6.07) is 0. The van der Waals surface area contributed by atoms with Crippen LogP contribution in [-0.4, -0.2) is 26.9 Å². The van der Waals surface area contributed by atoms with Crippen molar-refractivity contribution in [3.05, 3.63) is 12.7 Å². The minimum absolute atomic E-state index is 0.0327. The predicted molar refractivity (Wildman–Crippen MR) is 69.0 cm³/mol. The molecule has 0 spiro atoms. The van der Waals surface area contributed by atoms with Crippen LogP contribution in [0.1, 0.15) is 32.6 Å². The number of hydrogen-bond acceptors (Lipinski definition) is 3. The van der Waals surface area contributed by atoms with Crippen LogP contribution < -0.4 is 5.14 Å². The Hall–Kier alpha value is -0.390. The summed E-state index contributed by atoms with van der Waals surface area (Å²) < 4.78 is 28.5. The molecule has 17 heavy (non-hydrogen) atoms. The second kappa shape index (κ2) is 6.52. The van der Waals surface area contributed by atoms with Gasteiger partial charge in [-0.05, 0) is 37.5 Å². The van der Waals surface area contributed by atoms with Crippen LogP contribution in [0.4, 0.5) is 0 Å². The Morgan fingerprint density at radius 2 is 2.06 bits per heavy atom. The standard InChI is InChI=1S/C12H23NO3S/c1-3-4-10(2)12(17(13,14)15)9-11-5-7-16-8-6-11/h3,10-12H,1,4-9H2,2H3,(H2,13,14,15)/t10-,12?/m0/s1. The molecule has 0 aromatic carbocycles. The van der Waals surface area contributed by atoms with Crippen molar-refractivity contribution >= 4 is 10.0 Å². The molecule has 1 heterocycles. The normalized spacial score (nSPS) is 22.0. The van der Waals surface area contributed by atoms with E-state index < -0.39 is 15.3 Å². The highest BCUT2D eigenvalue weighted by atomic mass is 32.2. The van der Waals surface area contributed by atoms with Gasteiger partial charge in [0.15, 0.2) is 0 Å². The fraction of sp³-hybridized carbons (Fsp3) is 0.833. The third-order valence-corrected chi connectivity index (χ3v) is 5.00. The first kappa shape index (κ1) is 14.7. The minimum atomic E-state index is -3.47. The minimum Gasteiger partial charge on any atom is -0.381 e. The lowest BCUT2D eigenvalue weighted by molar-refractivity contribution is 0.0624. The molecular weight excluding hydrogens is 238 g/mol. The molecule has 2 N–H and O–H groups in total. The average molecular weight is 261 g/mol. The highest BCUT2D eigenvalue weighted by Crippen LogP contribution is 2.27. The monoisotopic (exact) mass is 261 g/mol. The van der Waals surface area contributed by atoms with Gasteiger partial charge in [0.05, 0.1) is 5.25 Å². The second-order valence-corrected chi connectivity index (χ2v) is 6.70. The van der Waals surface area contributed by atoms with E-state index in [4.69, 9.17) is 9.88 Å². The lowest BCUT2D eigenvalue weighted by Gasteiger charge is -2.28. The van der Waals surface area contributed by atoms with Gasteiger partial charge < -0.3 is 4.74 Å². The second-order valence-electron chi connectivity index (χ2n) is 4.92. The van der Waals surface area contributed by atoms with Gasteiger partial charge in [-0.2, -0.15) is 0 Å². The van der Waals surface area contributed by atoms with Crippen LogP contribution in [0.25, 0.3) is 0 Å². The van der Waals surface area contributed by atoms with Crippen molar-refractivity contribution in [2.24, 2.45) is 17.0 Å². The quantitative estimate of drug-likeness (QED) is 0.739. The van der Waals surface area contributed by atoms with Crippen LogP contribution in [0.3, 0.4) is 0 Å². The van der Waals surface area contributed by atoms with Gasteiger partial charge in [0.1, 0.15) is 0 Å². The highest BCUT2D eigenvalue weighted by Gasteiger charge is 2.30. The van der Waals surface area contributed by atoms with Crippen LogP contribution in [0.5, 0.6) is 0 Å². The van der Waals surface area contributed by atoms with Gasteiger partial charge >= 0.3 is 0 Å². The summed E-state index contributed by atoms with van der Waals surface area (Å²) >= 11 is 0. The van der Waals surface area contributed by atoms with E-state index in [1.807, 2.05) is 6.92 Å². The zero-order valence-electron chi connectivity index (χ0n) is 10.5. The Labute approximate surface area is 104 Å². The molecule has 1 fully saturated rings. The lowest BCUT2D eigenvalue weighted by Crippen LogP contribution is -2.36. The highest BCUT2D eigenvalue weighted by molar-refractivity contribution is 7.89. The molecule has 0 aromatic heterocycles. The first-order valence-corrected chi connectivity index (χ1v) is 7.76. The molecular formula is C12H23NO3S. The summed E-state index contributed by atoms with van der Waals surface area (Å²) in [5, 5.41) is 4.88. The maximum Gasteiger partial charge on any atom is 0.212 e. The van der Waals surface area contributed by atoms with E-state index in [1.165, 1.54) is 0 Å². The molecule has 0 bridgehead atoms. The molecule has 0 aliphatic carbocycles. The Kier molecular flexibility index (Phi) is 5.62. The molecule has 0 saturated carbocycles. The number of allylic oxidation sites excluding steroid dienone is 1. The van der Waals surface area contributed by atoms with E-state index in [9.17, 15) is 8.42 Å². The summed E-state index contributed by atoms with van der Waals surface area (Å²) in [4.78, 5) is 0. The fourth-order valence-electron chi connectivity index (χ4n) is 2.42. The van der Waals surface area contributed by atoms with Crippen LogP contribution in [0.15, 0.2) is 12.7 Å². The van der Waals surface area contributed by atoms with Crippen molar-refractivity contribution in [1.29, 1.82) is 0 Å². The largest absolute Gasteiger partial charge is 0.381 e. The van der Waals surface area contributed by atoms with Crippen molar-refractivity contribution < 1.29 is 13.2 Å². The molecule has 1 saturated heterocycles. The fourth-order valence-corrected chi connectivity index (χ4v) is 3.71. The third-order valence-electron chi connectivity index (χ3n) is 3.50. The molecule has 0 radical (unpaired) electrons. The van der Waals surface area contributed by atoms with Crippen molar-refractivity contribution in [2.75, 3.05) is 13.2 Å². The van der Waals surface area contributed by atoms with E-state index in [0.717, 1.165) is 26.1 Å². The molecule has 4 nitrogen and oxygen atoms in total. The number of rotatable bonds is 6. The molecule has 100 valence electrons. The van der Waals surface area contributed by atoms with E-state index >= 15 is 0 Å². The lowest BCUT2D eigenvalue weighted by atomic mass is 9.89. The van der Waals surface area contributed by atoms with E-state index in [-0.39, 0.29) is 5.92 Å². The van der Waals surface area contributed by atoms with Gasteiger partial charge in [-0.15, -0.1) is 6.58 Å². The summed E-state index contributed by atoms with van der Waals surface area (Å²) in [7, 11) is -3.47. The maximum absolute atomic E-state index is 11.6.